The molecular formula is C10H8FNO. The number of hydrogen-bond donors (Lipinski definition) is 0. The molecule has 0 N–H and O–H groups in total. The van der Waals surface area contributed by atoms with E-state index >= 15 is 0 Å². The first-order valence-electron chi connectivity index (χ1n) is 3.92. The number of carbonyl (C=O) groups excluding carboxylic acids is 1. The maximum Gasteiger partial charge on any atom is 0.166 e. The second-order valence-corrected chi connectivity index (χ2v) is 2.55. The molecule has 0 aliphatic carbocycles. The molecule has 3 heteroatoms. The van der Waals surface area contributed by atoms with E-state index in [1.165, 1.54) is 18.2 Å². The number of ketones is 1. The van der Waals surface area contributed by atoms with Crippen molar-refractivity contribution in [1.82, 2.24) is 0 Å². The Labute approximate surface area is 75.6 Å². The highest BCUT2D eigenvalue weighted by Gasteiger charge is 2.14. The maximum absolute atomic E-state index is 13.1. The average Bonchev–Trinajstić information content (AvgIpc) is 2.16. The summed E-state index contributed by atoms with van der Waals surface area (Å²) in [6.07, 6.45) is 0.204. The number of benzene rings is 1. The van der Waals surface area contributed by atoms with E-state index in [0.29, 0.717) is 0 Å². The van der Waals surface area contributed by atoms with Gasteiger partial charge in [-0.15, -0.1) is 0 Å². The minimum atomic E-state index is -0.620. The van der Waals surface area contributed by atoms with Gasteiger partial charge in [-0.2, -0.15) is 5.26 Å². The summed E-state index contributed by atoms with van der Waals surface area (Å²) in [5, 5.41) is 8.62. The van der Waals surface area contributed by atoms with Gasteiger partial charge in [0.15, 0.2) is 5.78 Å². The van der Waals surface area contributed by atoms with Gasteiger partial charge in [-0.3, -0.25) is 4.79 Å². The first-order valence-corrected chi connectivity index (χ1v) is 3.92. The standard InChI is InChI=1S/C10H8FNO/c1-2-9(13)10-7(6-12)4-3-5-8(10)11/h3-5H,2H2,1H3. The Kier molecular flexibility index (Phi) is 2.76. The van der Waals surface area contributed by atoms with Crippen LogP contribution in [0.5, 0.6) is 0 Å². The van der Waals surface area contributed by atoms with E-state index in [-0.39, 0.29) is 23.3 Å². The van der Waals surface area contributed by atoms with Crippen LogP contribution in [0.25, 0.3) is 0 Å². The van der Waals surface area contributed by atoms with E-state index in [0.717, 1.165) is 0 Å². The van der Waals surface area contributed by atoms with Gasteiger partial charge in [-0.1, -0.05) is 13.0 Å². The van der Waals surface area contributed by atoms with Crippen molar-refractivity contribution in [3.63, 3.8) is 0 Å². The van der Waals surface area contributed by atoms with Gasteiger partial charge in [0.2, 0.25) is 0 Å². The quantitative estimate of drug-likeness (QED) is 0.650. The lowest BCUT2D eigenvalue weighted by atomic mass is 10.0. The number of carbonyl (C=O) groups is 1. The van der Waals surface area contributed by atoms with Gasteiger partial charge in [-0.25, -0.2) is 4.39 Å². The van der Waals surface area contributed by atoms with Crippen LogP contribution in [0.15, 0.2) is 18.2 Å². The number of Topliss-reactive ketones (excluding diaryl/α,β-unsaturated/α-hetero) is 1. The predicted octanol–water partition coefficient (Wildman–Crippen LogP) is 2.29. The molecule has 0 unspecified atom stereocenters. The summed E-state index contributed by atoms with van der Waals surface area (Å²) < 4.78 is 13.1. The predicted molar refractivity (Wildman–Crippen MR) is 45.7 cm³/mol. The Morgan fingerprint density at radius 3 is 2.85 bits per heavy atom. The van der Waals surface area contributed by atoms with E-state index in [2.05, 4.69) is 0 Å². The molecule has 0 saturated carbocycles. The molecule has 0 atom stereocenters. The minimum absolute atomic E-state index is 0.0903. The van der Waals surface area contributed by atoms with Gasteiger partial charge in [0, 0.05) is 6.42 Å². The Balaban J connectivity index is 3.33. The molecule has 0 saturated heterocycles. The third-order valence-electron chi connectivity index (χ3n) is 1.73. The smallest absolute Gasteiger partial charge is 0.166 e. The number of rotatable bonds is 2. The van der Waals surface area contributed by atoms with Gasteiger partial charge < -0.3 is 0 Å². The molecule has 0 aromatic heterocycles. The van der Waals surface area contributed by atoms with E-state index in [1.54, 1.807) is 13.0 Å². The molecule has 0 aliphatic heterocycles. The van der Waals surface area contributed by atoms with Crippen LogP contribution in [0.2, 0.25) is 0 Å². The Hall–Kier alpha value is -1.69. The van der Waals surface area contributed by atoms with Crippen molar-refractivity contribution in [1.29, 1.82) is 5.26 Å². The van der Waals surface area contributed by atoms with Crippen molar-refractivity contribution < 1.29 is 9.18 Å². The Morgan fingerprint density at radius 1 is 1.62 bits per heavy atom. The van der Waals surface area contributed by atoms with Crippen LogP contribution in [-0.4, -0.2) is 5.78 Å². The fraction of sp³-hybridized carbons (Fsp3) is 0.200. The summed E-state index contributed by atoms with van der Waals surface area (Å²) in [4.78, 5) is 11.2. The Bertz CT molecular complexity index is 379. The van der Waals surface area contributed by atoms with E-state index in [9.17, 15) is 9.18 Å². The molecule has 1 rings (SSSR count). The molecule has 66 valence electrons. The van der Waals surface area contributed by atoms with Crippen LogP contribution in [-0.2, 0) is 0 Å². The fourth-order valence-corrected chi connectivity index (χ4v) is 1.08. The molecule has 0 aliphatic rings. The molecule has 0 amide bonds. The summed E-state index contributed by atoms with van der Waals surface area (Å²) >= 11 is 0. The first kappa shape index (κ1) is 9.40. The third kappa shape index (κ3) is 1.73. The third-order valence-corrected chi connectivity index (χ3v) is 1.73. The van der Waals surface area contributed by atoms with Crippen LogP contribution >= 0.6 is 0 Å². The topological polar surface area (TPSA) is 40.9 Å². The summed E-state index contributed by atoms with van der Waals surface area (Å²) in [5.41, 5.74) is 0.0133. The van der Waals surface area contributed by atoms with Crippen molar-refractivity contribution in [2.45, 2.75) is 13.3 Å². The van der Waals surface area contributed by atoms with Gasteiger partial charge in [0.05, 0.1) is 17.2 Å². The van der Waals surface area contributed by atoms with E-state index in [1.807, 2.05) is 0 Å². The fourth-order valence-electron chi connectivity index (χ4n) is 1.08. The SMILES string of the molecule is CCC(=O)c1c(F)cccc1C#N. The number of halogens is 1. The van der Waals surface area contributed by atoms with Gasteiger partial charge in [0.25, 0.3) is 0 Å². The van der Waals surface area contributed by atoms with Crippen molar-refractivity contribution >= 4 is 5.78 Å². The van der Waals surface area contributed by atoms with Crippen molar-refractivity contribution in [2.75, 3.05) is 0 Å². The number of nitrogens with zero attached hydrogens (tertiary/aromatic N) is 1. The molecule has 13 heavy (non-hydrogen) atoms. The van der Waals surface area contributed by atoms with Gasteiger partial charge in [0.1, 0.15) is 5.82 Å². The van der Waals surface area contributed by atoms with Crippen LogP contribution in [0, 0.1) is 17.1 Å². The van der Waals surface area contributed by atoms with Gasteiger partial charge in [-0.05, 0) is 12.1 Å². The van der Waals surface area contributed by atoms with Crippen LogP contribution in [0.3, 0.4) is 0 Å². The minimum Gasteiger partial charge on any atom is -0.294 e. The molecule has 0 fully saturated rings. The highest BCUT2D eigenvalue weighted by Crippen LogP contribution is 2.14. The van der Waals surface area contributed by atoms with Crippen LogP contribution in [0.1, 0.15) is 29.3 Å². The molecule has 0 spiro atoms. The van der Waals surface area contributed by atoms with Gasteiger partial charge >= 0.3 is 0 Å². The average molecular weight is 177 g/mol. The Morgan fingerprint density at radius 2 is 2.31 bits per heavy atom. The largest absolute Gasteiger partial charge is 0.294 e. The van der Waals surface area contributed by atoms with E-state index < -0.39 is 5.82 Å². The number of nitriles is 1. The van der Waals surface area contributed by atoms with Crippen molar-refractivity contribution in [3.05, 3.63) is 35.1 Å². The van der Waals surface area contributed by atoms with Crippen molar-refractivity contribution in [3.8, 4) is 6.07 Å². The van der Waals surface area contributed by atoms with Crippen molar-refractivity contribution in [2.24, 2.45) is 0 Å². The zero-order valence-electron chi connectivity index (χ0n) is 7.17. The summed E-state index contributed by atoms with van der Waals surface area (Å²) in [6, 6.07) is 5.83. The molecule has 0 bridgehead atoms. The highest BCUT2D eigenvalue weighted by molar-refractivity contribution is 5.98. The van der Waals surface area contributed by atoms with Crippen LogP contribution < -0.4 is 0 Å². The lowest BCUT2D eigenvalue weighted by molar-refractivity contribution is 0.0984. The first-order chi connectivity index (χ1) is 6.20. The molecule has 1 aromatic carbocycles. The molecule has 0 heterocycles. The maximum atomic E-state index is 13.1. The lowest BCUT2D eigenvalue weighted by Gasteiger charge is -2.01. The summed E-state index contributed by atoms with van der Waals surface area (Å²) in [7, 11) is 0. The number of hydrogen-bond acceptors (Lipinski definition) is 2. The van der Waals surface area contributed by atoms with E-state index in [4.69, 9.17) is 5.26 Å². The highest BCUT2D eigenvalue weighted by atomic mass is 19.1. The molecule has 2 nitrogen and oxygen atoms in total. The summed E-state index contributed by atoms with van der Waals surface area (Å²) in [6.45, 7) is 1.63. The second kappa shape index (κ2) is 3.81. The monoisotopic (exact) mass is 177 g/mol. The lowest BCUT2D eigenvalue weighted by Crippen LogP contribution is -2.03. The second-order valence-electron chi connectivity index (χ2n) is 2.55. The molecule has 0 radical (unpaired) electrons. The zero-order valence-corrected chi connectivity index (χ0v) is 7.17. The zero-order chi connectivity index (χ0) is 9.84. The normalized spacial score (nSPS) is 9.31. The molecule has 1 aromatic rings. The molecular weight excluding hydrogens is 169 g/mol. The van der Waals surface area contributed by atoms with Crippen LogP contribution in [0.4, 0.5) is 4.39 Å². The summed E-state index contributed by atoms with van der Waals surface area (Å²) in [5.74, 6) is -0.958.